The van der Waals surface area contributed by atoms with E-state index in [9.17, 15) is 48.6 Å². The average molecular weight is 854 g/mol. The van der Waals surface area contributed by atoms with Crippen molar-refractivity contribution in [1.82, 2.24) is 46.9 Å². The maximum absolute atomic E-state index is 13.7. The van der Waals surface area contributed by atoms with Crippen LogP contribution < -0.4 is 43.4 Å². The molecule has 0 fully saturated rings. The number of H-pyrrole nitrogens is 2. The summed E-state index contributed by atoms with van der Waals surface area (Å²) in [5.74, 6) is -6.85. The molecule has 21 heteroatoms. The van der Waals surface area contributed by atoms with Crippen molar-refractivity contribution in [1.29, 1.82) is 0 Å². The maximum atomic E-state index is 13.7. The summed E-state index contributed by atoms with van der Waals surface area (Å²) < 4.78 is 0. The van der Waals surface area contributed by atoms with Crippen LogP contribution in [0.25, 0.3) is 10.9 Å². The summed E-state index contributed by atoms with van der Waals surface area (Å²) in [6.45, 7) is 7.75. The van der Waals surface area contributed by atoms with Gasteiger partial charge in [0, 0.05) is 42.6 Å². The molecule has 0 aliphatic rings. The molecule has 0 unspecified atom stereocenters. The van der Waals surface area contributed by atoms with Crippen molar-refractivity contribution in [3.63, 3.8) is 0 Å². The minimum atomic E-state index is -1.40. The summed E-state index contributed by atoms with van der Waals surface area (Å²) in [7, 11) is 0. The van der Waals surface area contributed by atoms with E-state index in [2.05, 4.69) is 46.9 Å². The number of aromatic amines is 2. The van der Waals surface area contributed by atoms with Crippen LogP contribution in [0.4, 0.5) is 0 Å². The number of nitrogens with zero attached hydrogens (tertiary/aromatic N) is 1. The second-order valence-electron chi connectivity index (χ2n) is 15.7. The first-order valence-electron chi connectivity index (χ1n) is 20.0. The van der Waals surface area contributed by atoms with Gasteiger partial charge in [-0.25, -0.2) is 4.98 Å². The largest absolute Gasteiger partial charge is 0.481 e. The highest BCUT2D eigenvalue weighted by molar-refractivity contribution is 5.96. The number of hydrogen-bond acceptors (Lipinski definition) is 11. The number of carboxylic acids is 1. The Morgan fingerprint density at radius 3 is 2.10 bits per heavy atom. The minimum Gasteiger partial charge on any atom is -0.481 e. The normalized spacial score (nSPS) is 14.8. The number of carboxylic acid groups (broad SMARTS) is 1. The Hall–Kier alpha value is -6.35. The highest BCUT2D eigenvalue weighted by atomic mass is 16.4. The third-order valence-electron chi connectivity index (χ3n) is 9.71. The Morgan fingerprint density at radius 2 is 1.48 bits per heavy atom. The molecule has 2 aromatic heterocycles. The molecule has 0 aliphatic heterocycles. The molecule has 0 radical (unpaired) electrons. The third kappa shape index (κ3) is 16.0. The predicted molar refractivity (Wildman–Crippen MR) is 222 cm³/mol. The third-order valence-corrected chi connectivity index (χ3v) is 9.71. The number of fused-ring (bicyclic) bond motifs is 1. The summed E-state index contributed by atoms with van der Waals surface area (Å²) in [5, 5.41) is 36.0. The maximum Gasteiger partial charge on any atom is 0.306 e. The lowest BCUT2D eigenvalue weighted by Crippen LogP contribution is -2.59. The lowest BCUT2D eigenvalue weighted by Gasteiger charge is -2.27. The van der Waals surface area contributed by atoms with Crippen LogP contribution in [-0.2, 0) is 51.2 Å². The van der Waals surface area contributed by atoms with Gasteiger partial charge in [0.1, 0.15) is 24.2 Å². The van der Waals surface area contributed by atoms with Crippen molar-refractivity contribution in [2.45, 2.75) is 115 Å². The number of nitrogens with one attached hydrogen (secondary N) is 8. The number of aromatic nitrogens is 3. The van der Waals surface area contributed by atoms with Crippen LogP contribution in [0.1, 0.15) is 71.6 Å². The van der Waals surface area contributed by atoms with E-state index in [1.54, 1.807) is 20.0 Å². The van der Waals surface area contributed by atoms with Crippen molar-refractivity contribution in [3.05, 3.63) is 54.2 Å². The molecule has 3 aromatic rings. The van der Waals surface area contributed by atoms with Gasteiger partial charge in [0.25, 0.3) is 0 Å². The van der Waals surface area contributed by atoms with Crippen molar-refractivity contribution in [2.24, 2.45) is 23.3 Å². The van der Waals surface area contributed by atoms with Crippen molar-refractivity contribution in [3.8, 4) is 0 Å². The lowest BCUT2D eigenvalue weighted by atomic mass is 9.96. The summed E-state index contributed by atoms with van der Waals surface area (Å²) in [6, 6.07) is 0.400. The van der Waals surface area contributed by atoms with E-state index in [4.69, 9.17) is 11.5 Å². The standard InChI is InChI=1S/C40H59N11O10/c1-20(2)12-28(31(52)15-34(55)56)49-39(60)30(14-24-17-43-19-46-24)48-33(54)18-45-40(61)35(21(3)4)51-36(57)22(5)47-38(59)29(50-37(58)26(41)10-11-32(42)53)13-23-16-44-27-9-7-6-8-25(23)27/h6-9,16-17,19-22,26,28-31,35,44,52H,10-15,18,41H2,1-5H3,(H2,42,53)(H,43,46)(H,45,61)(H,47,59)(H,48,54)(H,49,60)(H,50,58)(H,51,57)(H,55,56)/t22-,26-,28-,29-,30-,31-,35-/m0/s1. The van der Waals surface area contributed by atoms with Gasteiger partial charge < -0.3 is 63.5 Å². The summed E-state index contributed by atoms with van der Waals surface area (Å²) in [6.07, 6.45) is 2.55. The molecule has 334 valence electrons. The van der Waals surface area contributed by atoms with Crippen LogP contribution in [0.5, 0.6) is 0 Å². The van der Waals surface area contributed by atoms with E-state index in [0.29, 0.717) is 11.3 Å². The van der Waals surface area contributed by atoms with E-state index in [0.717, 1.165) is 10.9 Å². The van der Waals surface area contributed by atoms with Gasteiger partial charge in [-0.1, -0.05) is 45.9 Å². The summed E-state index contributed by atoms with van der Waals surface area (Å²) >= 11 is 0. The Labute approximate surface area is 352 Å². The van der Waals surface area contributed by atoms with Gasteiger partial charge in [0.15, 0.2) is 0 Å². The van der Waals surface area contributed by atoms with E-state index >= 15 is 0 Å². The summed E-state index contributed by atoms with van der Waals surface area (Å²) in [4.78, 5) is 113. The van der Waals surface area contributed by atoms with Crippen LogP contribution in [0.3, 0.4) is 0 Å². The second kappa shape index (κ2) is 23.4. The Kier molecular flexibility index (Phi) is 18.8. The quantitative estimate of drug-likeness (QED) is 0.0457. The SMILES string of the molecule is CC(C)C[C@H](NC(=O)[C@H](Cc1c[nH]cn1)NC(=O)CNC(=O)[C@@H](NC(=O)[C@H](C)NC(=O)[C@H](Cc1c[nH]c2ccccc12)NC(=O)[C@@H](N)CCC(N)=O)C(C)C)[C@@H](O)CC(=O)O. The molecule has 21 nitrogen and oxygen atoms in total. The number of primary amides is 1. The Morgan fingerprint density at radius 1 is 0.803 bits per heavy atom. The molecule has 7 amide bonds. The van der Waals surface area contributed by atoms with Gasteiger partial charge in [-0.05, 0) is 43.2 Å². The zero-order valence-corrected chi connectivity index (χ0v) is 34.9. The highest BCUT2D eigenvalue weighted by Gasteiger charge is 2.32. The number of nitrogens with two attached hydrogens (primary N) is 2. The number of imidazole rings is 1. The van der Waals surface area contributed by atoms with Crippen LogP contribution in [0.15, 0.2) is 43.0 Å². The fourth-order valence-electron chi connectivity index (χ4n) is 6.40. The molecule has 7 atom stereocenters. The molecule has 0 saturated carbocycles. The number of amides is 7. The van der Waals surface area contributed by atoms with Gasteiger partial charge in [0.2, 0.25) is 41.4 Å². The van der Waals surface area contributed by atoms with E-state index in [1.165, 1.54) is 19.4 Å². The van der Waals surface area contributed by atoms with Crippen LogP contribution in [0, 0.1) is 11.8 Å². The lowest BCUT2D eigenvalue weighted by molar-refractivity contribution is -0.140. The number of carbonyl (C=O) groups excluding carboxylic acids is 7. The topological polar surface area (TPSA) is 346 Å². The van der Waals surface area contributed by atoms with Gasteiger partial charge in [-0.15, -0.1) is 0 Å². The second-order valence-corrected chi connectivity index (χ2v) is 15.7. The number of aliphatic hydroxyl groups is 1. The van der Waals surface area contributed by atoms with Crippen LogP contribution in [0.2, 0.25) is 0 Å². The van der Waals surface area contributed by atoms with Crippen LogP contribution >= 0.6 is 0 Å². The Balaban J connectivity index is 1.67. The van der Waals surface area contributed by atoms with E-state index in [-0.39, 0.29) is 38.0 Å². The molecule has 2 heterocycles. The molecule has 0 spiro atoms. The average Bonchev–Trinajstić information content (AvgIpc) is 3.86. The van der Waals surface area contributed by atoms with Crippen molar-refractivity contribution in [2.75, 3.05) is 6.54 Å². The minimum absolute atomic E-state index is 0.00692. The molecular formula is C40H59N11O10. The number of aliphatic hydroxyl groups excluding tert-OH is 1. The van der Waals surface area contributed by atoms with Crippen molar-refractivity contribution < 1.29 is 48.6 Å². The number of rotatable bonds is 25. The molecule has 1 aromatic carbocycles. The first kappa shape index (κ1) is 49.0. The first-order valence-corrected chi connectivity index (χ1v) is 20.0. The van der Waals surface area contributed by atoms with E-state index in [1.807, 2.05) is 38.1 Å². The molecule has 14 N–H and O–H groups in total. The van der Waals surface area contributed by atoms with Gasteiger partial charge >= 0.3 is 5.97 Å². The first-order chi connectivity index (χ1) is 28.7. The van der Waals surface area contributed by atoms with Crippen molar-refractivity contribution >= 4 is 58.2 Å². The zero-order chi connectivity index (χ0) is 45.4. The number of carbonyl (C=O) groups is 8. The zero-order valence-electron chi connectivity index (χ0n) is 34.9. The molecule has 0 saturated heterocycles. The molecular weight excluding hydrogens is 795 g/mol. The van der Waals surface area contributed by atoms with E-state index < -0.39 is 109 Å². The molecule has 0 aliphatic carbocycles. The smallest absolute Gasteiger partial charge is 0.306 e. The van der Waals surface area contributed by atoms with Crippen LogP contribution in [-0.4, -0.2) is 121 Å². The monoisotopic (exact) mass is 853 g/mol. The van der Waals surface area contributed by atoms with Gasteiger partial charge in [-0.3, -0.25) is 38.4 Å². The van der Waals surface area contributed by atoms with Gasteiger partial charge in [0.05, 0.1) is 43.2 Å². The fraction of sp³-hybridized carbons (Fsp3) is 0.525. The molecule has 0 bridgehead atoms. The predicted octanol–water partition coefficient (Wildman–Crippen LogP) is -1.63. The Bertz CT molecular complexity index is 1980. The fourth-order valence-corrected chi connectivity index (χ4v) is 6.40. The summed E-state index contributed by atoms with van der Waals surface area (Å²) in [5.41, 5.74) is 13.1. The number of aliphatic carboxylic acids is 1. The number of benzene rings is 1. The highest BCUT2D eigenvalue weighted by Crippen LogP contribution is 2.19. The van der Waals surface area contributed by atoms with Gasteiger partial charge in [-0.2, -0.15) is 0 Å². The number of hydrogen-bond donors (Lipinski definition) is 12. The molecule has 61 heavy (non-hydrogen) atoms. The number of para-hydroxylation sites is 1. The molecule has 3 rings (SSSR count).